The van der Waals surface area contributed by atoms with Crippen LogP contribution < -0.4 is 0 Å². The average Bonchev–Trinajstić information content (AvgIpc) is 2.35. The van der Waals surface area contributed by atoms with Crippen molar-refractivity contribution < 1.29 is 8.42 Å². The van der Waals surface area contributed by atoms with E-state index < -0.39 is 10.0 Å². The molecule has 0 aliphatic rings. The van der Waals surface area contributed by atoms with E-state index in [1.54, 1.807) is 0 Å². The van der Waals surface area contributed by atoms with Crippen LogP contribution in [0.3, 0.4) is 0 Å². The van der Waals surface area contributed by atoms with Crippen molar-refractivity contribution >= 4 is 21.6 Å². The van der Waals surface area contributed by atoms with Crippen LogP contribution in [0.4, 0.5) is 0 Å². The van der Waals surface area contributed by atoms with Gasteiger partial charge in [0.25, 0.3) is 0 Å². The number of alkyl halides is 1. The third kappa shape index (κ3) is 4.26. The SMILES string of the molecule is CCN(Cc1ccccc1C)S(=O)(=O)CCCCl. The predicted octanol–water partition coefficient (Wildman–Crippen LogP) is 2.78. The topological polar surface area (TPSA) is 37.4 Å². The van der Waals surface area contributed by atoms with Crippen LogP contribution in [0, 0.1) is 6.92 Å². The van der Waals surface area contributed by atoms with Crippen molar-refractivity contribution in [2.75, 3.05) is 18.2 Å². The third-order valence-corrected chi connectivity index (χ3v) is 5.14. The maximum absolute atomic E-state index is 12.1. The van der Waals surface area contributed by atoms with E-state index in [1.807, 2.05) is 38.1 Å². The summed E-state index contributed by atoms with van der Waals surface area (Å²) in [5, 5.41) is 0. The normalized spacial score (nSPS) is 12.0. The fourth-order valence-corrected chi connectivity index (χ4v) is 3.54. The Morgan fingerprint density at radius 3 is 2.50 bits per heavy atom. The van der Waals surface area contributed by atoms with Crippen molar-refractivity contribution in [3.8, 4) is 0 Å². The van der Waals surface area contributed by atoms with E-state index >= 15 is 0 Å². The largest absolute Gasteiger partial charge is 0.214 e. The van der Waals surface area contributed by atoms with Gasteiger partial charge in [-0.05, 0) is 24.5 Å². The number of nitrogens with zero attached hydrogens (tertiary/aromatic N) is 1. The molecular formula is C13H20ClNO2S. The highest BCUT2D eigenvalue weighted by atomic mass is 35.5. The predicted molar refractivity (Wildman–Crippen MR) is 76.4 cm³/mol. The molecule has 0 saturated heterocycles. The number of hydrogen-bond donors (Lipinski definition) is 0. The molecule has 0 spiro atoms. The minimum atomic E-state index is -3.20. The van der Waals surface area contributed by atoms with Gasteiger partial charge in [-0.15, -0.1) is 11.6 Å². The molecule has 1 aromatic carbocycles. The molecule has 0 radical (unpaired) electrons. The Bertz CT molecular complexity index is 474. The first kappa shape index (κ1) is 15.5. The van der Waals surface area contributed by atoms with E-state index in [0.29, 0.717) is 25.4 Å². The molecule has 0 unspecified atom stereocenters. The van der Waals surface area contributed by atoms with Crippen molar-refractivity contribution in [2.24, 2.45) is 0 Å². The van der Waals surface area contributed by atoms with Crippen molar-refractivity contribution in [2.45, 2.75) is 26.8 Å². The van der Waals surface area contributed by atoms with Gasteiger partial charge in [-0.1, -0.05) is 31.2 Å². The molecule has 5 heteroatoms. The molecule has 0 saturated carbocycles. The number of aryl methyl sites for hydroxylation is 1. The Morgan fingerprint density at radius 2 is 1.94 bits per heavy atom. The van der Waals surface area contributed by atoms with Gasteiger partial charge in [0.2, 0.25) is 10.0 Å². The van der Waals surface area contributed by atoms with E-state index in [9.17, 15) is 8.42 Å². The summed E-state index contributed by atoms with van der Waals surface area (Å²) in [4.78, 5) is 0. The Labute approximate surface area is 115 Å². The smallest absolute Gasteiger partial charge is 0.212 e. The monoisotopic (exact) mass is 289 g/mol. The standard InChI is InChI=1S/C13H20ClNO2S/c1-3-15(18(16,17)10-6-9-14)11-13-8-5-4-7-12(13)2/h4-5,7-8H,3,6,9-11H2,1-2H3. The second kappa shape index (κ2) is 7.12. The Morgan fingerprint density at radius 1 is 1.28 bits per heavy atom. The minimum absolute atomic E-state index is 0.121. The highest BCUT2D eigenvalue weighted by Crippen LogP contribution is 2.14. The second-order valence-corrected chi connectivity index (χ2v) is 6.68. The molecule has 0 aliphatic carbocycles. The zero-order valence-corrected chi connectivity index (χ0v) is 12.5. The average molecular weight is 290 g/mol. The van der Waals surface area contributed by atoms with Gasteiger partial charge < -0.3 is 0 Å². The van der Waals surface area contributed by atoms with Crippen LogP contribution in [0.5, 0.6) is 0 Å². The zero-order valence-electron chi connectivity index (χ0n) is 10.9. The quantitative estimate of drug-likeness (QED) is 0.724. The summed E-state index contributed by atoms with van der Waals surface area (Å²) in [7, 11) is -3.20. The summed E-state index contributed by atoms with van der Waals surface area (Å²) in [6, 6.07) is 7.85. The lowest BCUT2D eigenvalue weighted by molar-refractivity contribution is 0.422. The van der Waals surface area contributed by atoms with Gasteiger partial charge in [0.15, 0.2) is 0 Å². The number of benzene rings is 1. The van der Waals surface area contributed by atoms with E-state index in [-0.39, 0.29) is 5.75 Å². The summed E-state index contributed by atoms with van der Waals surface area (Å²) in [6.07, 6.45) is 0.494. The van der Waals surface area contributed by atoms with Crippen LogP contribution in [0.2, 0.25) is 0 Å². The van der Waals surface area contributed by atoms with Crippen molar-refractivity contribution in [3.05, 3.63) is 35.4 Å². The van der Waals surface area contributed by atoms with Crippen LogP contribution >= 0.6 is 11.6 Å². The summed E-state index contributed by atoms with van der Waals surface area (Å²) in [5.74, 6) is 0.497. The lowest BCUT2D eigenvalue weighted by Crippen LogP contribution is -2.32. The van der Waals surface area contributed by atoms with Gasteiger partial charge in [-0.3, -0.25) is 0 Å². The molecule has 0 aliphatic heterocycles. The molecule has 0 atom stereocenters. The van der Waals surface area contributed by atoms with Gasteiger partial charge in [0.05, 0.1) is 5.75 Å². The molecule has 3 nitrogen and oxygen atoms in total. The molecule has 1 rings (SSSR count). The molecular weight excluding hydrogens is 270 g/mol. The third-order valence-electron chi connectivity index (χ3n) is 2.89. The van der Waals surface area contributed by atoms with Gasteiger partial charge in [0.1, 0.15) is 0 Å². The summed E-state index contributed by atoms with van der Waals surface area (Å²) >= 11 is 5.56. The lowest BCUT2D eigenvalue weighted by atomic mass is 10.1. The highest BCUT2D eigenvalue weighted by Gasteiger charge is 2.20. The summed E-state index contributed by atoms with van der Waals surface area (Å²) in [6.45, 7) is 4.78. The van der Waals surface area contributed by atoms with Gasteiger partial charge in [-0.25, -0.2) is 8.42 Å². The fraction of sp³-hybridized carbons (Fsp3) is 0.538. The Kier molecular flexibility index (Phi) is 6.12. The Balaban J connectivity index is 2.82. The maximum Gasteiger partial charge on any atom is 0.214 e. The van der Waals surface area contributed by atoms with E-state index in [0.717, 1.165) is 11.1 Å². The first-order valence-electron chi connectivity index (χ1n) is 6.09. The summed E-state index contributed by atoms with van der Waals surface area (Å²) in [5.41, 5.74) is 2.16. The van der Waals surface area contributed by atoms with E-state index in [4.69, 9.17) is 11.6 Å². The van der Waals surface area contributed by atoms with Gasteiger partial charge in [-0.2, -0.15) is 4.31 Å². The summed E-state index contributed by atoms with van der Waals surface area (Å²) < 4.78 is 25.7. The number of halogens is 1. The van der Waals surface area contributed by atoms with Crippen LogP contribution in [0.1, 0.15) is 24.5 Å². The van der Waals surface area contributed by atoms with E-state index in [1.165, 1.54) is 4.31 Å². The van der Waals surface area contributed by atoms with Crippen LogP contribution in [0.15, 0.2) is 24.3 Å². The molecule has 0 heterocycles. The number of hydrogen-bond acceptors (Lipinski definition) is 2. The highest BCUT2D eigenvalue weighted by molar-refractivity contribution is 7.89. The number of rotatable bonds is 7. The Hall–Kier alpha value is -0.580. The fourth-order valence-electron chi connectivity index (χ4n) is 1.75. The first-order valence-corrected chi connectivity index (χ1v) is 8.24. The van der Waals surface area contributed by atoms with Crippen LogP contribution in [0.25, 0.3) is 0 Å². The molecule has 0 bridgehead atoms. The van der Waals surface area contributed by atoms with Crippen molar-refractivity contribution in [1.29, 1.82) is 0 Å². The molecule has 0 N–H and O–H groups in total. The van der Waals surface area contributed by atoms with Crippen molar-refractivity contribution in [3.63, 3.8) is 0 Å². The zero-order chi connectivity index (χ0) is 13.6. The van der Waals surface area contributed by atoms with Crippen LogP contribution in [-0.2, 0) is 16.6 Å². The van der Waals surface area contributed by atoms with Gasteiger partial charge >= 0.3 is 0 Å². The molecule has 0 amide bonds. The maximum atomic E-state index is 12.1. The van der Waals surface area contributed by atoms with Gasteiger partial charge in [0, 0.05) is 19.0 Å². The van der Waals surface area contributed by atoms with Crippen molar-refractivity contribution in [1.82, 2.24) is 4.31 Å². The lowest BCUT2D eigenvalue weighted by Gasteiger charge is -2.21. The molecule has 102 valence electrons. The molecule has 0 aromatic heterocycles. The molecule has 1 aromatic rings. The van der Waals surface area contributed by atoms with E-state index in [2.05, 4.69) is 0 Å². The second-order valence-electron chi connectivity index (χ2n) is 4.21. The number of sulfonamides is 1. The molecule has 0 fully saturated rings. The first-order chi connectivity index (χ1) is 8.51. The van der Waals surface area contributed by atoms with Crippen LogP contribution in [-0.4, -0.2) is 30.9 Å². The minimum Gasteiger partial charge on any atom is -0.212 e. The molecule has 18 heavy (non-hydrogen) atoms.